The molecule has 0 aromatic carbocycles. The summed E-state index contributed by atoms with van der Waals surface area (Å²) >= 11 is 0. The van der Waals surface area contributed by atoms with Gasteiger partial charge in [0.2, 0.25) is 5.82 Å². The highest BCUT2D eigenvalue weighted by atomic mass is 15.5. The maximum Gasteiger partial charge on any atom is 0.202 e. The van der Waals surface area contributed by atoms with Gasteiger partial charge in [-0.1, -0.05) is 0 Å². The third-order valence-corrected chi connectivity index (χ3v) is 2.04. The molecule has 0 saturated heterocycles. The smallest absolute Gasteiger partial charge is 0.202 e. The summed E-state index contributed by atoms with van der Waals surface area (Å²) in [5.74, 6) is 0.639. The first-order valence-corrected chi connectivity index (χ1v) is 4.18. The number of tetrazole rings is 1. The van der Waals surface area contributed by atoms with Crippen LogP contribution >= 0.6 is 0 Å². The molecule has 0 saturated carbocycles. The second-order valence-electron chi connectivity index (χ2n) is 2.97. The molecule has 74 valence electrons. The van der Waals surface area contributed by atoms with Crippen LogP contribution in [0.15, 0.2) is 6.07 Å². The van der Waals surface area contributed by atoms with Gasteiger partial charge in [0, 0.05) is 20.6 Å². The topological polar surface area (TPSA) is 87.4 Å². The summed E-state index contributed by atoms with van der Waals surface area (Å²) in [7, 11) is 3.61. The first kappa shape index (κ1) is 8.82. The predicted molar refractivity (Wildman–Crippen MR) is 48.9 cm³/mol. The molecule has 7 heteroatoms. The third-order valence-electron chi connectivity index (χ3n) is 2.04. The molecular formula is C7H11N7. The zero-order valence-electron chi connectivity index (χ0n) is 8.05. The summed E-state index contributed by atoms with van der Waals surface area (Å²) < 4.78 is 3.30. The third kappa shape index (κ3) is 1.27. The maximum absolute atomic E-state index is 5.54. The highest BCUT2D eigenvalue weighted by Crippen LogP contribution is 2.13. The molecule has 2 rings (SSSR count). The Kier molecular flexibility index (Phi) is 2.01. The molecule has 7 nitrogen and oxygen atoms in total. The Hall–Kier alpha value is -1.76. The second-order valence-corrected chi connectivity index (χ2v) is 2.97. The van der Waals surface area contributed by atoms with Gasteiger partial charge in [0.05, 0.1) is 5.69 Å². The van der Waals surface area contributed by atoms with Crippen molar-refractivity contribution in [2.24, 2.45) is 19.8 Å². The van der Waals surface area contributed by atoms with Gasteiger partial charge in [-0.15, -0.1) is 5.10 Å². The van der Waals surface area contributed by atoms with Crippen LogP contribution in [-0.4, -0.2) is 30.0 Å². The van der Waals surface area contributed by atoms with Crippen molar-refractivity contribution in [3.63, 3.8) is 0 Å². The number of rotatable bonds is 2. The molecule has 0 unspecified atom stereocenters. The number of nitrogens with zero attached hydrogens (tertiary/aromatic N) is 6. The Bertz CT molecular complexity index is 441. The summed E-state index contributed by atoms with van der Waals surface area (Å²) in [6, 6.07) is 1.88. The molecule has 2 aromatic heterocycles. The van der Waals surface area contributed by atoms with Gasteiger partial charge in [-0.2, -0.15) is 5.10 Å². The van der Waals surface area contributed by atoms with Crippen LogP contribution in [0.2, 0.25) is 0 Å². The fourth-order valence-corrected chi connectivity index (χ4v) is 1.25. The Morgan fingerprint density at radius 3 is 2.64 bits per heavy atom. The van der Waals surface area contributed by atoms with E-state index in [0.717, 1.165) is 11.4 Å². The molecule has 0 spiro atoms. The molecule has 0 radical (unpaired) electrons. The lowest BCUT2D eigenvalue weighted by Crippen LogP contribution is -2.03. The van der Waals surface area contributed by atoms with Gasteiger partial charge < -0.3 is 5.73 Å². The van der Waals surface area contributed by atoms with Gasteiger partial charge >= 0.3 is 0 Å². The first-order chi connectivity index (χ1) is 6.72. The van der Waals surface area contributed by atoms with Crippen LogP contribution in [0.1, 0.15) is 5.69 Å². The molecule has 0 fully saturated rings. The van der Waals surface area contributed by atoms with Crippen LogP contribution in [0.5, 0.6) is 0 Å². The zero-order valence-corrected chi connectivity index (χ0v) is 8.05. The SMILES string of the molecule is Cn1nc(-c2nnnn2C)cc1CN. The number of hydrogen-bond donors (Lipinski definition) is 1. The molecule has 2 N–H and O–H groups in total. The first-order valence-electron chi connectivity index (χ1n) is 4.18. The standard InChI is InChI=1S/C7H11N7/c1-13-5(4-8)3-6(10-13)7-9-11-12-14(7)2/h3H,4,8H2,1-2H3. The van der Waals surface area contributed by atoms with Gasteiger partial charge in [-0.3, -0.25) is 4.68 Å². The molecule has 14 heavy (non-hydrogen) atoms. The van der Waals surface area contributed by atoms with Crippen molar-refractivity contribution in [2.45, 2.75) is 6.54 Å². The quantitative estimate of drug-likeness (QED) is 0.665. The predicted octanol–water partition coefficient (Wildman–Crippen LogP) is -0.931. The second kappa shape index (κ2) is 3.18. The van der Waals surface area contributed by atoms with Gasteiger partial charge in [0.15, 0.2) is 0 Å². The molecule has 0 aliphatic heterocycles. The monoisotopic (exact) mass is 193 g/mol. The number of nitrogens with two attached hydrogens (primary N) is 1. The molecule has 2 aromatic rings. The van der Waals surface area contributed by atoms with Gasteiger partial charge in [-0.05, 0) is 16.5 Å². The Morgan fingerprint density at radius 1 is 1.36 bits per heavy atom. The Balaban J connectivity index is 2.47. The van der Waals surface area contributed by atoms with E-state index < -0.39 is 0 Å². The van der Waals surface area contributed by atoms with Gasteiger partial charge in [0.1, 0.15) is 5.69 Å². The molecule has 0 amide bonds. The fourth-order valence-electron chi connectivity index (χ4n) is 1.25. The van der Waals surface area contributed by atoms with Crippen molar-refractivity contribution in [1.29, 1.82) is 0 Å². The van der Waals surface area contributed by atoms with Crippen LogP contribution < -0.4 is 5.73 Å². The van der Waals surface area contributed by atoms with Gasteiger partial charge in [-0.25, -0.2) is 4.68 Å². The summed E-state index contributed by atoms with van der Waals surface area (Å²) in [5, 5.41) is 15.4. The molecule has 0 atom stereocenters. The average Bonchev–Trinajstić information content (AvgIpc) is 2.71. The zero-order chi connectivity index (χ0) is 10.1. The van der Waals surface area contributed by atoms with E-state index >= 15 is 0 Å². The van der Waals surface area contributed by atoms with E-state index in [9.17, 15) is 0 Å². The fraction of sp³-hybridized carbons (Fsp3) is 0.429. The maximum atomic E-state index is 5.54. The minimum absolute atomic E-state index is 0.453. The summed E-state index contributed by atoms with van der Waals surface area (Å²) in [4.78, 5) is 0. The molecular weight excluding hydrogens is 182 g/mol. The van der Waals surface area contributed by atoms with Crippen molar-refractivity contribution in [1.82, 2.24) is 30.0 Å². The minimum atomic E-state index is 0.453. The lowest BCUT2D eigenvalue weighted by molar-refractivity contribution is 0.700. The lowest BCUT2D eigenvalue weighted by atomic mass is 10.3. The van der Waals surface area contributed by atoms with E-state index in [4.69, 9.17) is 5.73 Å². The van der Waals surface area contributed by atoms with E-state index in [0.29, 0.717) is 12.4 Å². The summed E-state index contributed by atoms with van der Waals surface area (Å²) in [5.41, 5.74) is 7.22. The normalized spacial score (nSPS) is 10.8. The number of hydrogen-bond acceptors (Lipinski definition) is 5. The Labute approximate surface area is 80.5 Å². The van der Waals surface area contributed by atoms with Crippen LogP contribution in [-0.2, 0) is 20.6 Å². The van der Waals surface area contributed by atoms with Crippen LogP contribution in [0.3, 0.4) is 0 Å². The minimum Gasteiger partial charge on any atom is -0.325 e. The van der Waals surface area contributed by atoms with E-state index in [1.807, 2.05) is 13.1 Å². The molecule has 2 heterocycles. The van der Waals surface area contributed by atoms with E-state index in [1.54, 1.807) is 16.4 Å². The van der Waals surface area contributed by atoms with E-state index in [1.165, 1.54) is 0 Å². The number of aromatic nitrogens is 6. The summed E-state index contributed by atoms with van der Waals surface area (Å²) in [6.07, 6.45) is 0. The van der Waals surface area contributed by atoms with Crippen molar-refractivity contribution in [3.8, 4) is 11.5 Å². The molecule has 0 bridgehead atoms. The van der Waals surface area contributed by atoms with Crippen molar-refractivity contribution in [3.05, 3.63) is 11.8 Å². The Morgan fingerprint density at radius 2 is 2.14 bits per heavy atom. The number of aryl methyl sites for hydroxylation is 2. The van der Waals surface area contributed by atoms with Crippen LogP contribution in [0.25, 0.3) is 11.5 Å². The van der Waals surface area contributed by atoms with E-state index in [-0.39, 0.29) is 0 Å². The average molecular weight is 193 g/mol. The van der Waals surface area contributed by atoms with E-state index in [2.05, 4.69) is 20.6 Å². The highest BCUT2D eigenvalue weighted by molar-refractivity contribution is 5.48. The van der Waals surface area contributed by atoms with Crippen molar-refractivity contribution >= 4 is 0 Å². The molecule has 0 aliphatic carbocycles. The highest BCUT2D eigenvalue weighted by Gasteiger charge is 2.11. The summed E-state index contributed by atoms with van der Waals surface area (Å²) in [6.45, 7) is 0.453. The van der Waals surface area contributed by atoms with Gasteiger partial charge in [0.25, 0.3) is 0 Å². The molecule has 0 aliphatic rings. The van der Waals surface area contributed by atoms with Crippen LogP contribution in [0, 0.1) is 0 Å². The lowest BCUT2D eigenvalue weighted by Gasteiger charge is -1.93. The van der Waals surface area contributed by atoms with Crippen molar-refractivity contribution in [2.75, 3.05) is 0 Å². The largest absolute Gasteiger partial charge is 0.325 e. The van der Waals surface area contributed by atoms with Crippen molar-refractivity contribution < 1.29 is 0 Å². The van der Waals surface area contributed by atoms with Crippen LogP contribution in [0.4, 0.5) is 0 Å².